The normalized spacial score (nSPS) is 16.0. The van der Waals surface area contributed by atoms with E-state index in [4.69, 9.17) is 21.7 Å². The molecule has 0 aliphatic carbocycles. The number of carboxylic acids is 1. The lowest BCUT2D eigenvalue weighted by Gasteiger charge is -2.19. The largest absolute Gasteiger partial charge is 0.493 e. The highest BCUT2D eigenvalue weighted by molar-refractivity contribution is 8.26. The van der Waals surface area contributed by atoms with Crippen molar-refractivity contribution in [2.45, 2.75) is 33.2 Å². The molecule has 1 saturated heterocycles. The number of hydrogen-bond acceptors (Lipinski definition) is 7. The fourth-order valence-corrected chi connectivity index (χ4v) is 4.17. The van der Waals surface area contributed by atoms with E-state index in [2.05, 4.69) is 5.32 Å². The Labute approximate surface area is 191 Å². The van der Waals surface area contributed by atoms with Crippen molar-refractivity contribution >= 4 is 52.2 Å². The average molecular weight is 467 g/mol. The van der Waals surface area contributed by atoms with Crippen LogP contribution in [0.25, 0.3) is 6.08 Å². The molecule has 1 heterocycles. The number of methoxy groups -OCH3 is 1. The number of thioether (sulfide) groups is 1. The lowest BCUT2D eigenvalue weighted by atomic mass is 10.0. The summed E-state index contributed by atoms with van der Waals surface area (Å²) in [5.41, 5.74) is 0.750. The third-order valence-electron chi connectivity index (χ3n) is 4.47. The molecule has 8 nitrogen and oxygen atoms in total. The van der Waals surface area contributed by atoms with Gasteiger partial charge in [-0.2, -0.15) is 0 Å². The summed E-state index contributed by atoms with van der Waals surface area (Å²) < 4.78 is 11.2. The molecule has 1 aromatic rings. The van der Waals surface area contributed by atoms with Crippen LogP contribution in [-0.4, -0.2) is 58.4 Å². The molecule has 31 heavy (non-hydrogen) atoms. The predicted molar refractivity (Wildman–Crippen MR) is 123 cm³/mol. The lowest BCUT2D eigenvalue weighted by molar-refractivity contribution is -0.143. The maximum absolute atomic E-state index is 12.8. The number of aliphatic carboxylic acids is 1. The van der Waals surface area contributed by atoms with Gasteiger partial charge in [-0.05, 0) is 36.6 Å². The van der Waals surface area contributed by atoms with E-state index in [1.54, 1.807) is 39.2 Å². The zero-order chi connectivity index (χ0) is 23.1. The molecule has 1 aliphatic heterocycles. The van der Waals surface area contributed by atoms with Crippen LogP contribution in [0.4, 0.5) is 0 Å². The van der Waals surface area contributed by atoms with Crippen molar-refractivity contribution in [3.8, 4) is 11.5 Å². The molecule has 0 spiro atoms. The summed E-state index contributed by atoms with van der Waals surface area (Å²) in [6, 6.07) is 4.37. The van der Waals surface area contributed by atoms with Gasteiger partial charge in [-0.3, -0.25) is 14.5 Å². The number of ether oxygens (including phenoxy) is 2. The smallest absolute Gasteiger partial charge is 0.326 e. The summed E-state index contributed by atoms with van der Waals surface area (Å²) in [6.07, 6.45) is 1.66. The van der Waals surface area contributed by atoms with Gasteiger partial charge in [0.15, 0.2) is 11.5 Å². The molecule has 0 radical (unpaired) electrons. The van der Waals surface area contributed by atoms with Gasteiger partial charge in [-0.15, -0.1) is 0 Å². The number of thiocarbonyl (C=S) groups is 1. The molecule has 1 aliphatic rings. The molecule has 2 amide bonds. The number of carbonyl (C=O) groups excluding carboxylic acids is 2. The SMILES string of the molecule is CCOc1ccc(C=C2SC(=S)N(CCC(=O)NC(C(=O)O)C(C)C)C2=O)cc1OC. The number of hydrogen-bond donors (Lipinski definition) is 2. The Morgan fingerprint density at radius 2 is 2.03 bits per heavy atom. The van der Waals surface area contributed by atoms with Crippen LogP contribution in [-0.2, 0) is 14.4 Å². The highest BCUT2D eigenvalue weighted by Gasteiger charge is 2.32. The standard InChI is InChI=1S/C21H26N2O6S2/c1-5-29-14-7-6-13(10-15(14)28-4)11-16-19(25)23(21(30)31-16)9-8-17(24)22-18(12(2)3)20(26)27/h6-7,10-12,18H,5,8-9H2,1-4H3,(H,22,24)(H,26,27). The number of rotatable bonds is 10. The number of amides is 2. The van der Waals surface area contributed by atoms with Gasteiger partial charge in [-0.1, -0.05) is 43.9 Å². The molecule has 2 N–H and O–H groups in total. The van der Waals surface area contributed by atoms with E-state index in [-0.39, 0.29) is 24.8 Å². The van der Waals surface area contributed by atoms with E-state index < -0.39 is 17.9 Å². The average Bonchev–Trinajstić information content (AvgIpc) is 2.97. The molecule has 1 unspecified atom stereocenters. The Kier molecular flexibility index (Phi) is 8.88. The minimum Gasteiger partial charge on any atom is -0.493 e. The minimum atomic E-state index is -1.09. The van der Waals surface area contributed by atoms with Crippen molar-refractivity contribution in [3.05, 3.63) is 28.7 Å². The second-order valence-corrected chi connectivity index (χ2v) is 8.73. The van der Waals surface area contributed by atoms with Crippen LogP contribution in [0.5, 0.6) is 11.5 Å². The number of nitrogens with one attached hydrogen (secondary N) is 1. The first-order valence-electron chi connectivity index (χ1n) is 9.76. The zero-order valence-corrected chi connectivity index (χ0v) is 19.5. The lowest BCUT2D eigenvalue weighted by Crippen LogP contribution is -2.45. The predicted octanol–water partition coefficient (Wildman–Crippen LogP) is 2.91. The molecule has 1 aromatic carbocycles. The summed E-state index contributed by atoms with van der Waals surface area (Å²) >= 11 is 6.45. The van der Waals surface area contributed by atoms with Gasteiger partial charge >= 0.3 is 5.97 Å². The second kappa shape index (κ2) is 11.1. The van der Waals surface area contributed by atoms with Crippen LogP contribution >= 0.6 is 24.0 Å². The van der Waals surface area contributed by atoms with Gasteiger partial charge < -0.3 is 19.9 Å². The fourth-order valence-electron chi connectivity index (χ4n) is 2.87. The summed E-state index contributed by atoms with van der Waals surface area (Å²) in [5.74, 6) is -0.929. The Bertz CT molecular complexity index is 900. The third kappa shape index (κ3) is 6.44. The zero-order valence-electron chi connectivity index (χ0n) is 17.8. The fraction of sp³-hybridized carbons (Fsp3) is 0.429. The Balaban J connectivity index is 2.05. The Morgan fingerprint density at radius 1 is 1.32 bits per heavy atom. The summed E-state index contributed by atoms with van der Waals surface area (Å²) in [6.45, 7) is 5.88. The van der Waals surface area contributed by atoms with E-state index in [1.165, 1.54) is 4.90 Å². The maximum Gasteiger partial charge on any atom is 0.326 e. The number of carboxylic acid groups (broad SMARTS) is 1. The minimum absolute atomic E-state index is 0.0485. The van der Waals surface area contributed by atoms with Gasteiger partial charge in [-0.25, -0.2) is 4.79 Å². The van der Waals surface area contributed by atoms with E-state index in [0.717, 1.165) is 17.3 Å². The first-order chi connectivity index (χ1) is 14.7. The van der Waals surface area contributed by atoms with Crippen LogP contribution < -0.4 is 14.8 Å². The van der Waals surface area contributed by atoms with Gasteiger partial charge in [0.25, 0.3) is 5.91 Å². The van der Waals surface area contributed by atoms with E-state index in [1.807, 2.05) is 13.0 Å². The topological polar surface area (TPSA) is 105 Å². The Morgan fingerprint density at radius 3 is 2.61 bits per heavy atom. The molecule has 0 aromatic heterocycles. The van der Waals surface area contributed by atoms with Crippen LogP contribution in [0.15, 0.2) is 23.1 Å². The number of benzene rings is 1. The molecule has 1 atom stereocenters. The van der Waals surface area contributed by atoms with Gasteiger partial charge in [0.2, 0.25) is 5.91 Å². The van der Waals surface area contributed by atoms with Crippen LogP contribution in [0, 0.1) is 5.92 Å². The molecular weight excluding hydrogens is 440 g/mol. The monoisotopic (exact) mass is 466 g/mol. The maximum atomic E-state index is 12.8. The van der Waals surface area contributed by atoms with Gasteiger partial charge in [0, 0.05) is 13.0 Å². The second-order valence-electron chi connectivity index (χ2n) is 7.05. The van der Waals surface area contributed by atoms with E-state index >= 15 is 0 Å². The molecule has 0 saturated carbocycles. The molecule has 0 bridgehead atoms. The summed E-state index contributed by atoms with van der Waals surface area (Å²) in [4.78, 5) is 37.9. The highest BCUT2D eigenvalue weighted by atomic mass is 32.2. The molecule has 2 rings (SSSR count). The Hall–Kier alpha value is -2.59. The number of nitrogens with zero attached hydrogens (tertiary/aromatic N) is 1. The van der Waals surface area contributed by atoms with Gasteiger partial charge in [0.05, 0.1) is 18.6 Å². The van der Waals surface area contributed by atoms with Crippen molar-refractivity contribution in [1.29, 1.82) is 0 Å². The van der Waals surface area contributed by atoms with Crippen molar-refractivity contribution in [3.63, 3.8) is 0 Å². The van der Waals surface area contributed by atoms with E-state index in [0.29, 0.717) is 27.3 Å². The summed E-state index contributed by atoms with van der Waals surface area (Å²) in [7, 11) is 1.54. The van der Waals surface area contributed by atoms with E-state index in [9.17, 15) is 19.5 Å². The first-order valence-corrected chi connectivity index (χ1v) is 11.0. The van der Waals surface area contributed by atoms with Crippen LogP contribution in [0.1, 0.15) is 32.8 Å². The summed E-state index contributed by atoms with van der Waals surface area (Å²) in [5, 5.41) is 11.7. The van der Waals surface area contributed by atoms with Crippen molar-refractivity contribution < 1.29 is 29.0 Å². The number of carbonyl (C=O) groups is 3. The molecule has 10 heteroatoms. The first kappa shape index (κ1) is 24.7. The van der Waals surface area contributed by atoms with Crippen LogP contribution in [0.3, 0.4) is 0 Å². The van der Waals surface area contributed by atoms with Gasteiger partial charge in [0.1, 0.15) is 10.4 Å². The van der Waals surface area contributed by atoms with Crippen molar-refractivity contribution in [1.82, 2.24) is 10.2 Å². The van der Waals surface area contributed by atoms with Crippen molar-refractivity contribution in [2.24, 2.45) is 5.92 Å². The van der Waals surface area contributed by atoms with Crippen molar-refractivity contribution in [2.75, 3.05) is 20.3 Å². The quantitative estimate of drug-likeness (QED) is 0.401. The highest BCUT2D eigenvalue weighted by Crippen LogP contribution is 2.34. The molecular formula is C21H26N2O6S2. The third-order valence-corrected chi connectivity index (χ3v) is 5.85. The molecule has 1 fully saturated rings. The van der Waals surface area contributed by atoms with Crippen LogP contribution in [0.2, 0.25) is 0 Å². The molecule has 168 valence electrons.